The van der Waals surface area contributed by atoms with Gasteiger partial charge in [-0.1, -0.05) is 30.3 Å². The highest BCUT2D eigenvalue weighted by Crippen LogP contribution is 2.33. The fourth-order valence-electron chi connectivity index (χ4n) is 2.16. The maximum absolute atomic E-state index is 11.9. The van der Waals surface area contributed by atoms with Crippen LogP contribution in [0.5, 0.6) is 11.5 Å². The van der Waals surface area contributed by atoms with Crippen molar-refractivity contribution in [2.75, 3.05) is 14.2 Å². The third kappa shape index (κ3) is 4.33. The van der Waals surface area contributed by atoms with Gasteiger partial charge in [-0.25, -0.2) is 5.43 Å². The zero-order chi connectivity index (χ0) is 19.1. The quantitative estimate of drug-likeness (QED) is 0.441. The number of hydrogen-bond donors (Lipinski definition) is 2. The van der Waals surface area contributed by atoms with Crippen LogP contribution in [0.3, 0.4) is 0 Å². The Kier molecular flexibility index (Phi) is 6.23. The molecule has 1 atom stereocenters. The van der Waals surface area contributed by atoms with E-state index in [1.165, 1.54) is 26.4 Å². The average Bonchev–Trinajstić information content (AvgIpc) is 2.67. The average molecular weight is 359 g/mol. The Morgan fingerprint density at radius 1 is 1.23 bits per heavy atom. The first-order chi connectivity index (χ1) is 12.5. The number of rotatable bonds is 7. The summed E-state index contributed by atoms with van der Waals surface area (Å²) in [6, 6.07) is 10.9. The first-order valence-corrected chi connectivity index (χ1v) is 7.44. The minimum Gasteiger partial charge on any atom is -0.493 e. The summed E-state index contributed by atoms with van der Waals surface area (Å²) < 4.78 is 10.1. The van der Waals surface area contributed by atoms with Gasteiger partial charge in [-0.2, -0.15) is 5.10 Å². The van der Waals surface area contributed by atoms with Crippen LogP contribution >= 0.6 is 0 Å². The van der Waals surface area contributed by atoms with Gasteiger partial charge in [0, 0.05) is 0 Å². The van der Waals surface area contributed by atoms with Crippen molar-refractivity contribution in [3.63, 3.8) is 0 Å². The maximum atomic E-state index is 11.9. The SMILES string of the molecule is COc1cc(/C=N\NC(=O)[C@H](O)c2ccccc2)c([N+](=O)[O-])cc1OC. The van der Waals surface area contributed by atoms with Crippen molar-refractivity contribution in [2.45, 2.75) is 6.10 Å². The molecule has 0 heterocycles. The number of nitrogens with zero attached hydrogens (tertiary/aromatic N) is 2. The second-order valence-electron chi connectivity index (χ2n) is 5.07. The molecular weight excluding hydrogens is 342 g/mol. The summed E-state index contributed by atoms with van der Waals surface area (Å²) in [5, 5.41) is 24.8. The number of carbonyl (C=O) groups is 1. The molecule has 0 aliphatic heterocycles. The van der Waals surface area contributed by atoms with Crippen molar-refractivity contribution in [1.29, 1.82) is 0 Å². The lowest BCUT2D eigenvalue weighted by molar-refractivity contribution is -0.385. The number of nitro benzene ring substituents is 1. The molecule has 2 aromatic rings. The number of hydrazone groups is 1. The molecule has 0 aliphatic rings. The fraction of sp³-hybridized carbons (Fsp3) is 0.176. The highest BCUT2D eigenvalue weighted by molar-refractivity contribution is 5.89. The van der Waals surface area contributed by atoms with E-state index in [0.717, 1.165) is 6.21 Å². The van der Waals surface area contributed by atoms with Crippen LogP contribution in [0.2, 0.25) is 0 Å². The van der Waals surface area contributed by atoms with Crippen molar-refractivity contribution in [3.05, 3.63) is 63.7 Å². The zero-order valence-electron chi connectivity index (χ0n) is 14.1. The van der Waals surface area contributed by atoms with Crippen LogP contribution in [0, 0.1) is 10.1 Å². The number of carbonyl (C=O) groups excluding carboxylic acids is 1. The number of nitro groups is 1. The number of nitrogens with one attached hydrogen (secondary N) is 1. The zero-order valence-corrected chi connectivity index (χ0v) is 14.1. The first kappa shape index (κ1) is 18.9. The van der Waals surface area contributed by atoms with E-state index >= 15 is 0 Å². The number of ether oxygens (including phenoxy) is 2. The summed E-state index contributed by atoms with van der Waals surface area (Å²) in [6.07, 6.45) is -0.316. The lowest BCUT2D eigenvalue weighted by atomic mass is 10.1. The number of methoxy groups -OCH3 is 2. The van der Waals surface area contributed by atoms with Crippen molar-refractivity contribution in [3.8, 4) is 11.5 Å². The largest absolute Gasteiger partial charge is 0.493 e. The van der Waals surface area contributed by atoms with Gasteiger partial charge >= 0.3 is 0 Å². The summed E-state index contributed by atoms with van der Waals surface area (Å²) in [7, 11) is 2.75. The summed E-state index contributed by atoms with van der Waals surface area (Å²) in [4.78, 5) is 22.5. The van der Waals surface area contributed by atoms with E-state index in [1.807, 2.05) is 0 Å². The molecule has 9 nitrogen and oxygen atoms in total. The minimum absolute atomic E-state index is 0.0992. The third-order valence-electron chi connectivity index (χ3n) is 3.47. The van der Waals surface area contributed by atoms with Gasteiger partial charge in [-0.15, -0.1) is 0 Å². The Morgan fingerprint density at radius 3 is 2.42 bits per heavy atom. The molecule has 2 rings (SSSR count). The predicted molar refractivity (Wildman–Crippen MR) is 93.3 cm³/mol. The van der Waals surface area contributed by atoms with Crippen molar-refractivity contribution >= 4 is 17.8 Å². The van der Waals surface area contributed by atoms with Gasteiger partial charge in [-0.3, -0.25) is 14.9 Å². The molecule has 136 valence electrons. The van der Waals surface area contributed by atoms with Gasteiger partial charge < -0.3 is 14.6 Å². The predicted octanol–water partition coefficient (Wildman–Crippen LogP) is 1.80. The maximum Gasteiger partial charge on any atom is 0.282 e. The van der Waals surface area contributed by atoms with Gasteiger partial charge in [-0.05, 0) is 11.6 Å². The molecule has 0 aliphatic carbocycles. The van der Waals surface area contributed by atoms with Crippen molar-refractivity contribution in [1.82, 2.24) is 5.43 Å². The minimum atomic E-state index is -1.41. The Morgan fingerprint density at radius 2 is 1.85 bits per heavy atom. The Balaban J connectivity index is 2.19. The number of aliphatic hydroxyl groups is 1. The molecule has 0 bridgehead atoms. The summed E-state index contributed by atoms with van der Waals surface area (Å²) in [5.41, 5.74) is 2.37. The van der Waals surface area contributed by atoms with E-state index in [2.05, 4.69) is 10.5 Å². The highest BCUT2D eigenvalue weighted by atomic mass is 16.6. The van der Waals surface area contributed by atoms with Gasteiger partial charge in [0.2, 0.25) is 0 Å². The normalized spacial score (nSPS) is 11.8. The van der Waals surface area contributed by atoms with Crippen LogP contribution in [0.15, 0.2) is 47.6 Å². The van der Waals surface area contributed by atoms with Gasteiger partial charge in [0.25, 0.3) is 11.6 Å². The standard InChI is InChI=1S/C17H17N3O6/c1-25-14-8-12(13(20(23)24)9-15(14)26-2)10-18-19-17(22)16(21)11-6-4-3-5-7-11/h3-10,16,21H,1-2H3,(H,19,22)/b18-10-/t16-/m1/s1. The molecule has 0 saturated heterocycles. The Hall–Kier alpha value is -3.46. The molecule has 0 saturated carbocycles. The third-order valence-corrected chi connectivity index (χ3v) is 3.47. The van der Waals surface area contributed by atoms with Crippen LogP contribution in [0.25, 0.3) is 0 Å². The van der Waals surface area contributed by atoms with Gasteiger partial charge in [0.15, 0.2) is 17.6 Å². The van der Waals surface area contributed by atoms with E-state index in [-0.39, 0.29) is 22.7 Å². The molecule has 2 aromatic carbocycles. The Bertz CT molecular complexity index is 823. The van der Waals surface area contributed by atoms with Crippen LogP contribution < -0.4 is 14.9 Å². The molecular formula is C17H17N3O6. The summed E-state index contributed by atoms with van der Waals surface area (Å²) in [5.74, 6) is -0.300. The smallest absolute Gasteiger partial charge is 0.282 e. The molecule has 0 spiro atoms. The van der Waals surface area contributed by atoms with Crippen LogP contribution in [-0.2, 0) is 4.79 Å². The lowest BCUT2D eigenvalue weighted by Crippen LogP contribution is -2.25. The lowest BCUT2D eigenvalue weighted by Gasteiger charge is -2.09. The molecule has 0 radical (unpaired) electrons. The second kappa shape index (κ2) is 8.58. The molecule has 26 heavy (non-hydrogen) atoms. The van der Waals surface area contributed by atoms with Crippen LogP contribution in [0.4, 0.5) is 5.69 Å². The molecule has 9 heteroatoms. The van der Waals surface area contributed by atoms with E-state index < -0.39 is 16.9 Å². The molecule has 2 N–H and O–H groups in total. The highest BCUT2D eigenvalue weighted by Gasteiger charge is 2.19. The van der Waals surface area contributed by atoms with E-state index in [4.69, 9.17) is 9.47 Å². The summed E-state index contributed by atoms with van der Waals surface area (Å²) in [6.45, 7) is 0. The fourth-order valence-corrected chi connectivity index (χ4v) is 2.16. The number of amides is 1. The monoisotopic (exact) mass is 359 g/mol. The van der Waals surface area contributed by atoms with Crippen molar-refractivity contribution in [2.24, 2.45) is 5.10 Å². The molecule has 1 amide bonds. The van der Waals surface area contributed by atoms with E-state index in [9.17, 15) is 20.0 Å². The number of hydrogen-bond acceptors (Lipinski definition) is 7. The Labute approximate surface area is 149 Å². The topological polar surface area (TPSA) is 123 Å². The summed E-state index contributed by atoms with van der Waals surface area (Å²) >= 11 is 0. The van der Waals surface area contributed by atoms with Gasteiger partial charge in [0.1, 0.15) is 0 Å². The molecule has 0 fully saturated rings. The number of aliphatic hydroxyl groups excluding tert-OH is 1. The van der Waals surface area contributed by atoms with E-state index in [1.54, 1.807) is 30.3 Å². The van der Waals surface area contributed by atoms with Crippen LogP contribution in [0.1, 0.15) is 17.2 Å². The van der Waals surface area contributed by atoms with Crippen LogP contribution in [-0.4, -0.2) is 36.4 Å². The van der Waals surface area contributed by atoms with E-state index in [0.29, 0.717) is 5.56 Å². The molecule has 0 unspecified atom stereocenters. The second-order valence-corrected chi connectivity index (χ2v) is 5.07. The molecule has 0 aromatic heterocycles. The first-order valence-electron chi connectivity index (χ1n) is 7.44. The number of benzene rings is 2. The van der Waals surface area contributed by atoms with Crippen molar-refractivity contribution < 1.29 is 24.3 Å². The van der Waals surface area contributed by atoms with Gasteiger partial charge in [0.05, 0.1) is 37.0 Å².